The Morgan fingerprint density at radius 1 is 0.913 bits per heavy atom. The van der Waals surface area contributed by atoms with Crippen LogP contribution in [0, 0.1) is 0 Å². The molecule has 6 nitrogen and oxygen atoms in total. The zero-order valence-corrected chi connectivity index (χ0v) is 12.8. The second-order valence-corrected chi connectivity index (χ2v) is 5.67. The Bertz CT molecular complexity index is 747. The minimum Gasteiger partial charge on any atom is -0.341 e. The number of imidazole rings is 1. The van der Waals surface area contributed by atoms with E-state index in [0.29, 0.717) is 6.04 Å². The average Bonchev–Trinajstić information content (AvgIpc) is 3.13. The summed E-state index contributed by atoms with van der Waals surface area (Å²) in [5, 5.41) is 0. The van der Waals surface area contributed by atoms with Crippen LogP contribution in [-0.4, -0.2) is 37.6 Å². The summed E-state index contributed by atoms with van der Waals surface area (Å²) in [5.41, 5.74) is 1.06. The molecule has 6 heteroatoms. The van der Waals surface area contributed by atoms with Gasteiger partial charge < -0.3 is 9.47 Å². The summed E-state index contributed by atoms with van der Waals surface area (Å²) in [6.07, 6.45) is 13.3. The van der Waals surface area contributed by atoms with Crippen LogP contribution in [0.5, 0.6) is 0 Å². The van der Waals surface area contributed by atoms with Crippen molar-refractivity contribution < 1.29 is 0 Å². The number of rotatable bonds is 3. The predicted molar refractivity (Wildman–Crippen MR) is 88.0 cm³/mol. The van der Waals surface area contributed by atoms with Crippen molar-refractivity contribution in [1.29, 1.82) is 0 Å². The smallest absolute Gasteiger partial charge is 0.225 e. The molecule has 1 saturated heterocycles. The quantitative estimate of drug-likeness (QED) is 0.744. The molecule has 0 amide bonds. The molecule has 0 spiro atoms. The van der Waals surface area contributed by atoms with Gasteiger partial charge in [0.2, 0.25) is 5.95 Å². The molecule has 1 aliphatic heterocycles. The van der Waals surface area contributed by atoms with Crippen molar-refractivity contribution in [2.45, 2.75) is 18.9 Å². The van der Waals surface area contributed by atoms with E-state index >= 15 is 0 Å². The number of pyridine rings is 1. The summed E-state index contributed by atoms with van der Waals surface area (Å²) in [4.78, 5) is 19.7. The monoisotopic (exact) mass is 306 g/mol. The van der Waals surface area contributed by atoms with Crippen LogP contribution in [0.25, 0.3) is 11.4 Å². The van der Waals surface area contributed by atoms with Gasteiger partial charge in [-0.2, -0.15) is 0 Å². The number of aromatic nitrogens is 5. The van der Waals surface area contributed by atoms with E-state index < -0.39 is 0 Å². The van der Waals surface area contributed by atoms with E-state index in [1.807, 2.05) is 24.5 Å². The molecular weight excluding hydrogens is 288 g/mol. The van der Waals surface area contributed by atoms with Gasteiger partial charge in [0.25, 0.3) is 0 Å². The Balaban J connectivity index is 1.51. The molecule has 0 radical (unpaired) electrons. The molecule has 0 saturated carbocycles. The van der Waals surface area contributed by atoms with Crippen LogP contribution in [0.2, 0.25) is 0 Å². The van der Waals surface area contributed by atoms with Gasteiger partial charge in [0.15, 0.2) is 0 Å². The lowest BCUT2D eigenvalue weighted by atomic mass is 10.0. The molecule has 0 aromatic carbocycles. The average molecular weight is 306 g/mol. The Kier molecular flexibility index (Phi) is 3.71. The fraction of sp³-hybridized carbons (Fsp3) is 0.294. The summed E-state index contributed by atoms with van der Waals surface area (Å²) >= 11 is 0. The molecule has 1 aliphatic rings. The van der Waals surface area contributed by atoms with Crippen molar-refractivity contribution in [3.63, 3.8) is 0 Å². The van der Waals surface area contributed by atoms with E-state index in [4.69, 9.17) is 0 Å². The van der Waals surface area contributed by atoms with Crippen LogP contribution < -0.4 is 4.90 Å². The lowest BCUT2D eigenvalue weighted by Gasteiger charge is -2.33. The van der Waals surface area contributed by atoms with Crippen molar-refractivity contribution in [3.05, 3.63) is 55.4 Å². The molecule has 0 atom stereocenters. The normalized spacial score (nSPS) is 15.7. The Morgan fingerprint density at radius 3 is 2.48 bits per heavy atom. The molecule has 3 aromatic heterocycles. The molecule has 0 unspecified atom stereocenters. The van der Waals surface area contributed by atoms with E-state index in [2.05, 4.69) is 41.7 Å². The molecule has 0 aliphatic carbocycles. The Hall–Kier alpha value is -2.76. The first-order chi connectivity index (χ1) is 11.4. The van der Waals surface area contributed by atoms with Gasteiger partial charge in [0.1, 0.15) is 5.82 Å². The summed E-state index contributed by atoms with van der Waals surface area (Å²) in [6.45, 7) is 1.92. The van der Waals surface area contributed by atoms with Gasteiger partial charge in [-0.3, -0.25) is 4.98 Å². The van der Waals surface area contributed by atoms with Crippen molar-refractivity contribution in [2.75, 3.05) is 18.0 Å². The van der Waals surface area contributed by atoms with Crippen molar-refractivity contribution in [2.24, 2.45) is 0 Å². The molecule has 4 heterocycles. The van der Waals surface area contributed by atoms with Gasteiger partial charge >= 0.3 is 0 Å². The Morgan fingerprint density at radius 2 is 1.74 bits per heavy atom. The third-order valence-corrected chi connectivity index (χ3v) is 4.28. The minimum atomic E-state index is 0.452. The molecule has 116 valence electrons. The largest absolute Gasteiger partial charge is 0.341 e. The summed E-state index contributed by atoms with van der Waals surface area (Å²) < 4.78 is 2.28. The van der Waals surface area contributed by atoms with Crippen molar-refractivity contribution >= 4 is 5.95 Å². The molecule has 1 fully saturated rings. The number of nitrogens with zero attached hydrogens (tertiary/aromatic N) is 6. The zero-order valence-electron chi connectivity index (χ0n) is 12.8. The lowest BCUT2D eigenvalue weighted by molar-refractivity contribution is 0.396. The predicted octanol–water partition coefficient (Wildman–Crippen LogP) is 2.58. The van der Waals surface area contributed by atoms with Crippen molar-refractivity contribution in [3.8, 4) is 11.4 Å². The molecule has 0 N–H and O–H groups in total. The third kappa shape index (κ3) is 2.79. The fourth-order valence-corrected chi connectivity index (χ4v) is 3.12. The second kappa shape index (κ2) is 6.16. The first kappa shape index (κ1) is 13.9. The second-order valence-electron chi connectivity index (χ2n) is 5.67. The summed E-state index contributed by atoms with van der Waals surface area (Å²) in [6, 6.07) is 6.30. The van der Waals surface area contributed by atoms with Gasteiger partial charge in [0.05, 0.1) is 0 Å². The van der Waals surface area contributed by atoms with E-state index in [0.717, 1.165) is 43.3 Å². The van der Waals surface area contributed by atoms with Crippen molar-refractivity contribution in [1.82, 2.24) is 24.5 Å². The standard InChI is InChI=1S/C17H18N6/c1-3-14(13-18-6-1)16-19-9-12-23(16)15-4-10-22(11-5-15)17-20-7-2-8-21-17/h1-3,6-9,12-13,15H,4-5,10-11H2. The number of piperidine rings is 1. The minimum absolute atomic E-state index is 0.452. The lowest BCUT2D eigenvalue weighted by Crippen LogP contribution is -2.35. The van der Waals surface area contributed by atoms with Gasteiger partial charge in [0, 0.05) is 61.9 Å². The number of hydrogen-bond acceptors (Lipinski definition) is 5. The van der Waals surface area contributed by atoms with Crippen LogP contribution in [-0.2, 0) is 0 Å². The first-order valence-electron chi connectivity index (χ1n) is 7.87. The highest BCUT2D eigenvalue weighted by molar-refractivity contribution is 5.53. The third-order valence-electron chi connectivity index (χ3n) is 4.28. The maximum Gasteiger partial charge on any atom is 0.225 e. The van der Waals surface area contributed by atoms with Crippen LogP contribution >= 0.6 is 0 Å². The van der Waals surface area contributed by atoms with E-state index in [-0.39, 0.29) is 0 Å². The van der Waals surface area contributed by atoms with Crippen LogP contribution in [0.1, 0.15) is 18.9 Å². The number of hydrogen-bond donors (Lipinski definition) is 0. The molecule has 4 rings (SSSR count). The topological polar surface area (TPSA) is 59.7 Å². The highest BCUT2D eigenvalue weighted by Gasteiger charge is 2.23. The molecule has 0 bridgehead atoms. The first-order valence-corrected chi connectivity index (χ1v) is 7.87. The molecule has 3 aromatic rings. The SMILES string of the molecule is c1cnc(N2CCC(n3ccnc3-c3cccnc3)CC2)nc1. The van der Waals surface area contributed by atoms with E-state index in [9.17, 15) is 0 Å². The number of anilines is 1. The van der Waals surface area contributed by atoms with Crippen LogP contribution in [0.3, 0.4) is 0 Å². The summed E-state index contributed by atoms with van der Waals surface area (Å²) in [7, 11) is 0. The Labute approximate surface area is 134 Å². The fourth-order valence-electron chi connectivity index (χ4n) is 3.12. The van der Waals surface area contributed by atoms with Gasteiger partial charge in [-0.25, -0.2) is 15.0 Å². The molecule has 23 heavy (non-hydrogen) atoms. The van der Waals surface area contributed by atoms with E-state index in [1.54, 1.807) is 18.6 Å². The molecular formula is C17H18N6. The highest BCUT2D eigenvalue weighted by atomic mass is 15.3. The van der Waals surface area contributed by atoms with Gasteiger partial charge in [-0.05, 0) is 31.0 Å². The van der Waals surface area contributed by atoms with Gasteiger partial charge in [-0.1, -0.05) is 0 Å². The zero-order chi connectivity index (χ0) is 15.5. The maximum atomic E-state index is 4.52. The van der Waals surface area contributed by atoms with Crippen LogP contribution in [0.4, 0.5) is 5.95 Å². The van der Waals surface area contributed by atoms with Crippen LogP contribution in [0.15, 0.2) is 55.4 Å². The summed E-state index contributed by atoms with van der Waals surface area (Å²) in [5.74, 6) is 1.82. The van der Waals surface area contributed by atoms with Gasteiger partial charge in [-0.15, -0.1) is 0 Å². The van der Waals surface area contributed by atoms with E-state index in [1.165, 1.54) is 0 Å². The maximum absolute atomic E-state index is 4.52. The highest BCUT2D eigenvalue weighted by Crippen LogP contribution is 2.28.